The van der Waals surface area contributed by atoms with Gasteiger partial charge in [-0.15, -0.1) is 0 Å². The lowest BCUT2D eigenvalue weighted by Crippen LogP contribution is -2.36. The van der Waals surface area contributed by atoms with E-state index in [1.165, 1.54) is 6.07 Å². The van der Waals surface area contributed by atoms with Gasteiger partial charge >= 0.3 is 0 Å². The van der Waals surface area contributed by atoms with Gasteiger partial charge in [0.1, 0.15) is 0 Å². The van der Waals surface area contributed by atoms with Crippen LogP contribution in [0.3, 0.4) is 0 Å². The van der Waals surface area contributed by atoms with Crippen molar-refractivity contribution < 1.29 is 18.3 Å². The Morgan fingerprint density at radius 3 is 2.57 bits per heavy atom. The fourth-order valence-electron chi connectivity index (χ4n) is 2.83. The zero-order valence-electron chi connectivity index (χ0n) is 12.7. The molecule has 1 aliphatic heterocycles. The van der Waals surface area contributed by atoms with Crippen LogP contribution in [0.4, 0.5) is 8.78 Å². The molecule has 1 aliphatic rings. The van der Waals surface area contributed by atoms with Crippen molar-refractivity contribution in [1.29, 1.82) is 0 Å². The monoisotopic (exact) mass is 299 g/mol. The number of ether oxygens (including phenoxy) is 2. The minimum Gasteiger partial charge on any atom is -0.376 e. The lowest BCUT2D eigenvalue weighted by atomic mass is 10.0. The number of likely N-dealkylation sites (N-methyl/N-ethyl adjacent to an activating group) is 1. The maximum Gasteiger partial charge on any atom is 0.163 e. The second-order valence-electron chi connectivity index (χ2n) is 5.67. The van der Waals surface area contributed by atoms with Gasteiger partial charge in [-0.05, 0) is 39.8 Å². The molecule has 0 saturated carbocycles. The molecule has 1 aromatic carbocycles. The molecule has 0 bridgehead atoms. The van der Waals surface area contributed by atoms with Crippen molar-refractivity contribution in [2.45, 2.75) is 51.0 Å². The van der Waals surface area contributed by atoms with E-state index in [1.54, 1.807) is 13.1 Å². The van der Waals surface area contributed by atoms with Gasteiger partial charge in [0.25, 0.3) is 0 Å². The number of nitrogens with one attached hydrogen (secondary N) is 1. The Balaban J connectivity index is 1.98. The number of hydrogen-bond donors (Lipinski definition) is 1. The van der Waals surface area contributed by atoms with Gasteiger partial charge in [0.2, 0.25) is 0 Å². The summed E-state index contributed by atoms with van der Waals surface area (Å²) in [5.41, 5.74) is 0.297. The van der Waals surface area contributed by atoms with Crippen molar-refractivity contribution in [3.05, 3.63) is 35.4 Å². The molecule has 5 heteroatoms. The van der Waals surface area contributed by atoms with Crippen molar-refractivity contribution in [1.82, 2.24) is 5.32 Å². The fourth-order valence-corrected chi connectivity index (χ4v) is 2.83. The summed E-state index contributed by atoms with van der Waals surface area (Å²) in [6.45, 7) is 4.35. The predicted molar refractivity (Wildman–Crippen MR) is 77.1 cm³/mol. The van der Waals surface area contributed by atoms with Crippen molar-refractivity contribution in [2.75, 3.05) is 13.7 Å². The Hall–Kier alpha value is -1.04. The highest BCUT2D eigenvalue weighted by Crippen LogP contribution is 2.24. The molecule has 1 heterocycles. The molecule has 2 rings (SSSR count). The molecule has 3 unspecified atom stereocenters. The van der Waals surface area contributed by atoms with Crippen LogP contribution in [-0.4, -0.2) is 32.0 Å². The highest BCUT2D eigenvalue weighted by atomic mass is 19.2. The van der Waals surface area contributed by atoms with Gasteiger partial charge in [-0.25, -0.2) is 8.78 Å². The quantitative estimate of drug-likeness (QED) is 0.905. The third-order valence-corrected chi connectivity index (χ3v) is 3.86. The first kappa shape index (κ1) is 16.3. The molecule has 0 spiro atoms. The van der Waals surface area contributed by atoms with Crippen LogP contribution in [0.1, 0.15) is 38.3 Å². The number of halogens is 2. The second-order valence-corrected chi connectivity index (χ2v) is 5.67. The van der Waals surface area contributed by atoms with Crippen LogP contribution in [-0.2, 0) is 9.47 Å². The predicted octanol–water partition coefficient (Wildman–Crippen LogP) is 3.20. The third kappa shape index (κ3) is 4.22. The summed E-state index contributed by atoms with van der Waals surface area (Å²) in [4.78, 5) is 0. The van der Waals surface area contributed by atoms with Crippen LogP contribution in [0.5, 0.6) is 0 Å². The molecule has 1 N–H and O–H groups in total. The zero-order chi connectivity index (χ0) is 15.4. The van der Waals surface area contributed by atoms with E-state index in [1.807, 2.05) is 13.8 Å². The summed E-state index contributed by atoms with van der Waals surface area (Å²) in [5.74, 6) is -1.64. The van der Waals surface area contributed by atoms with E-state index in [4.69, 9.17) is 9.47 Å². The summed E-state index contributed by atoms with van der Waals surface area (Å²) in [7, 11) is 1.72. The molecule has 21 heavy (non-hydrogen) atoms. The highest BCUT2D eigenvalue weighted by molar-refractivity contribution is 5.22. The van der Waals surface area contributed by atoms with Gasteiger partial charge in [-0.1, -0.05) is 12.1 Å². The van der Waals surface area contributed by atoms with Crippen LogP contribution < -0.4 is 5.32 Å². The molecule has 1 aromatic rings. The van der Waals surface area contributed by atoms with Gasteiger partial charge in [0.05, 0.1) is 31.0 Å². The minimum absolute atomic E-state index is 0.0937. The van der Waals surface area contributed by atoms with E-state index in [0.29, 0.717) is 12.2 Å². The lowest BCUT2D eigenvalue weighted by molar-refractivity contribution is -0.104. The van der Waals surface area contributed by atoms with Crippen LogP contribution in [0, 0.1) is 11.6 Å². The summed E-state index contributed by atoms with van der Waals surface area (Å²) in [5, 5.41) is 2.99. The van der Waals surface area contributed by atoms with E-state index in [2.05, 4.69) is 5.32 Å². The molecule has 0 amide bonds. The van der Waals surface area contributed by atoms with Crippen LogP contribution >= 0.6 is 0 Å². The molecule has 1 fully saturated rings. The molecule has 1 saturated heterocycles. The van der Waals surface area contributed by atoms with Crippen LogP contribution in [0.2, 0.25) is 0 Å². The molecule has 118 valence electrons. The minimum atomic E-state index is -0.832. The average molecular weight is 299 g/mol. The van der Waals surface area contributed by atoms with Crippen LogP contribution in [0.15, 0.2) is 18.2 Å². The van der Waals surface area contributed by atoms with Crippen molar-refractivity contribution in [2.24, 2.45) is 0 Å². The molecule has 3 nitrogen and oxygen atoms in total. The van der Waals surface area contributed by atoms with Crippen molar-refractivity contribution in [3.8, 4) is 0 Å². The molecular weight excluding hydrogens is 276 g/mol. The molecular formula is C16H23F2NO2. The van der Waals surface area contributed by atoms with E-state index in [9.17, 15) is 8.78 Å². The van der Waals surface area contributed by atoms with E-state index < -0.39 is 11.6 Å². The largest absolute Gasteiger partial charge is 0.376 e. The van der Waals surface area contributed by atoms with Gasteiger partial charge in [-0.3, -0.25) is 0 Å². The Morgan fingerprint density at radius 2 is 1.95 bits per heavy atom. The van der Waals surface area contributed by atoms with Gasteiger partial charge in [0.15, 0.2) is 11.6 Å². The standard InChI is InChI=1S/C16H23F2NO2/c1-10-7-12(8-11(2)21-10)20-9-15(19-3)13-5-4-6-14(17)16(13)18/h4-6,10-12,15,19H,7-9H2,1-3H3. The lowest BCUT2D eigenvalue weighted by Gasteiger charge is -2.33. The number of rotatable bonds is 5. The normalized spacial score (nSPS) is 27.6. The Kier molecular flexibility index (Phi) is 5.67. The highest BCUT2D eigenvalue weighted by Gasteiger charge is 2.26. The Morgan fingerprint density at radius 1 is 1.29 bits per heavy atom. The Labute approximate surface area is 124 Å². The van der Waals surface area contributed by atoms with Gasteiger partial charge in [0, 0.05) is 5.56 Å². The number of benzene rings is 1. The smallest absolute Gasteiger partial charge is 0.163 e. The SMILES string of the molecule is CNC(COC1CC(C)OC(C)C1)c1cccc(F)c1F. The van der Waals surface area contributed by atoms with E-state index >= 15 is 0 Å². The summed E-state index contributed by atoms with van der Waals surface area (Å²) < 4.78 is 38.7. The topological polar surface area (TPSA) is 30.5 Å². The molecule has 0 aliphatic carbocycles. The molecule has 3 atom stereocenters. The fraction of sp³-hybridized carbons (Fsp3) is 0.625. The summed E-state index contributed by atoms with van der Waals surface area (Å²) >= 11 is 0. The first-order chi connectivity index (χ1) is 10.0. The summed E-state index contributed by atoms with van der Waals surface area (Å²) in [6, 6.07) is 3.84. The first-order valence-corrected chi connectivity index (χ1v) is 7.39. The Bertz CT molecular complexity index is 460. The van der Waals surface area contributed by atoms with Crippen molar-refractivity contribution in [3.63, 3.8) is 0 Å². The van der Waals surface area contributed by atoms with E-state index in [-0.39, 0.29) is 24.4 Å². The van der Waals surface area contributed by atoms with Gasteiger partial charge < -0.3 is 14.8 Å². The molecule has 0 radical (unpaired) electrons. The second kappa shape index (κ2) is 7.29. The first-order valence-electron chi connectivity index (χ1n) is 7.39. The zero-order valence-corrected chi connectivity index (χ0v) is 12.7. The van der Waals surface area contributed by atoms with Crippen molar-refractivity contribution >= 4 is 0 Å². The van der Waals surface area contributed by atoms with Crippen LogP contribution in [0.25, 0.3) is 0 Å². The van der Waals surface area contributed by atoms with E-state index in [0.717, 1.165) is 18.9 Å². The maximum atomic E-state index is 13.8. The third-order valence-electron chi connectivity index (χ3n) is 3.86. The maximum absolute atomic E-state index is 13.8. The average Bonchev–Trinajstić information content (AvgIpc) is 2.43. The number of hydrogen-bond acceptors (Lipinski definition) is 3. The molecule has 0 aromatic heterocycles. The van der Waals surface area contributed by atoms with Gasteiger partial charge in [-0.2, -0.15) is 0 Å². The summed E-state index contributed by atoms with van der Waals surface area (Å²) in [6.07, 6.45) is 2.07.